The molecule has 0 aliphatic rings. The van der Waals surface area contributed by atoms with Gasteiger partial charge in [0.05, 0.1) is 5.69 Å². The lowest BCUT2D eigenvalue weighted by Crippen LogP contribution is -2.19. The largest absolute Gasteiger partial charge is 0.325 e. The van der Waals surface area contributed by atoms with Gasteiger partial charge in [-0.2, -0.15) is 0 Å². The van der Waals surface area contributed by atoms with Crippen LogP contribution in [0.1, 0.15) is 13.3 Å². The fourth-order valence-corrected chi connectivity index (χ4v) is 2.25. The Balaban J connectivity index is 0.00000289. The van der Waals surface area contributed by atoms with Gasteiger partial charge in [0.15, 0.2) is 0 Å². The maximum absolute atomic E-state index is 11.6. The Morgan fingerprint density at radius 2 is 2.17 bits per heavy atom. The number of rotatable bonds is 6. The Bertz CT molecular complexity index is 388. The summed E-state index contributed by atoms with van der Waals surface area (Å²) in [6.07, 6.45) is 0.458. The van der Waals surface area contributed by atoms with Gasteiger partial charge >= 0.3 is 0 Å². The number of amides is 1. The zero-order chi connectivity index (χ0) is 12.7. The number of nitrogens with one attached hydrogen (secondary N) is 2. The van der Waals surface area contributed by atoms with Crippen molar-refractivity contribution >= 4 is 47.4 Å². The van der Waals surface area contributed by atoms with Crippen molar-refractivity contribution in [2.45, 2.75) is 18.2 Å². The minimum Gasteiger partial charge on any atom is -0.325 e. The number of anilines is 1. The molecule has 0 atom stereocenters. The van der Waals surface area contributed by atoms with Crippen LogP contribution in [0.15, 0.2) is 23.1 Å². The van der Waals surface area contributed by atoms with Crippen LogP contribution >= 0.6 is 35.8 Å². The molecule has 1 aromatic carbocycles. The molecule has 0 unspecified atom stereocenters. The van der Waals surface area contributed by atoms with Gasteiger partial charge in [-0.3, -0.25) is 4.79 Å². The molecule has 2 N–H and O–H groups in total. The third kappa shape index (κ3) is 5.96. The number of hydrogen-bond acceptors (Lipinski definition) is 3. The van der Waals surface area contributed by atoms with Crippen LogP contribution in [-0.2, 0) is 4.79 Å². The van der Waals surface area contributed by atoms with Gasteiger partial charge in [-0.15, -0.1) is 24.2 Å². The van der Waals surface area contributed by atoms with Gasteiger partial charge in [0, 0.05) is 22.9 Å². The first kappa shape index (κ1) is 17.6. The normalized spacial score (nSPS) is 9.72. The summed E-state index contributed by atoms with van der Waals surface area (Å²) in [7, 11) is 1.82. The van der Waals surface area contributed by atoms with E-state index >= 15 is 0 Å². The summed E-state index contributed by atoms with van der Waals surface area (Å²) < 4.78 is 0. The average molecular weight is 309 g/mol. The van der Waals surface area contributed by atoms with Crippen LogP contribution in [0.3, 0.4) is 0 Å². The number of hydrogen-bond donors (Lipinski definition) is 2. The molecule has 1 amide bonds. The molecular formula is C12H18Cl2N2OS. The second-order valence-electron chi connectivity index (χ2n) is 3.48. The predicted octanol–water partition coefficient (Wildman–Crippen LogP) is 3.42. The Labute approximate surface area is 123 Å². The quantitative estimate of drug-likeness (QED) is 0.791. The third-order valence-corrected chi connectivity index (χ3v) is 3.31. The molecular weight excluding hydrogens is 291 g/mol. The van der Waals surface area contributed by atoms with Crippen LogP contribution in [0.25, 0.3) is 0 Å². The van der Waals surface area contributed by atoms with Crippen molar-refractivity contribution < 1.29 is 4.79 Å². The lowest BCUT2D eigenvalue weighted by molar-refractivity contribution is -0.116. The Morgan fingerprint density at radius 1 is 1.44 bits per heavy atom. The summed E-state index contributed by atoms with van der Waals surface area (Å²) in [4.78, 5) is 12.7. The molecule has 0 bridgehead atoms. The van der Waals surface area contributed by atoms with Crippen LogP contribution in [0.2, 0.25) is 5.02 Å². The first-order valence-corrected chi connectivity index (χ1v) is 6.90. The van der Waals surface area contributed by atoms with Gasteiger partial charge < -0.3 is 10.6 Å². The Kier molecular flexibility index (Phi) is 9.28. The third-order valence-electron chi connectivity index (χ3n) is 2.12. The van der Waals surface area contributed by atoms with Gasteiger partial charge in [0.25, 0.3) is 0 Å². The molecule has 0 aliphatic heterocycles. The molecule has 18 heavy (non-hydrogen) atoms. The maximum Gasteiger partial charge on any atom is 0.225 e. The van der Waals surface area contributed by atoms with Gasteiger partial charge in [-0.1, -0.05) is 18.5 Å². The van der Waals surface area contributed by atoms with Crippen LogP contribution in [-0.4, -0.2) is 25.3 Å². The molecule has 6 heteroatoms. The fourth-order valence-electron chi connectivity index (χ4n) is 1.33. The van der Waals surface area contributed by atoms with E-state index < -0.39 is 0 Å². The maximum atomic E-state index is 11.6. The van der Waals surface area contributed by atoms with E-state index in [0.29, 0.717) is 18.0 Å². The summed E-state index contributed by atoms with van der Waals surface area (Å²) in [5, 5.41) is 6.46. The van der Waals surface area contributed by atoms with E-state index in [0.717, 1.165) is 16.3 Å². The van der Waals surface area contributed by atoms with Gasteiger partial charge in [0.1, 0.15) is 0 Å². The second-order valence-corrected chi connectivity index (χ2v) is 5.22. The minimum atomic E-state index is -0.000398. The second kappa shape index (κ2) is 9.50. The highest BCUT2D eigenvalue weighted by Crippen LogP contribution is 2.29. The van der Waals surface area contributed by atoms with Crippen LogP contribution < -0.4 is 10.6 Å². The van der Waals surface area contributed by atoms with Crippen LogP contribution in [0.5, 0.6) is 0 Å². The van der Waals surface area contributed by atoms with E-state index in [1.54, 1.807) is 17.8 Å². The molecule has 0 radical (unpaired) electrons. The highest BCUT2D eigenvalue weighted by Gasteiger charge is 2.07. The van der Waals surface area contributed by atoms with Gasteiger partial charge in [-0.05, 0) is 31.0 Å². The van der Waals surface area contributed by atoms with Gasteiger partial charge in [-0.25, -0.2) is 0 Å². The SMILES string of the molecule is CCSc1ccc(Cl)cc1NC(=O)CCNC.Cl. The summed E-state index contributed by atoms with van der Waals surface area (Å²) in [6.45, 7) is 2.74. The summed E-state index contributed by atoms with van der Waals surface area (Å²) >= 11 is 7.62. The highest BCUT2D eigenvalue weighted by molar-refractivity contribution is 7.99. The molecule has 0 aliphatic carbocycles. The highest BCUT2D eigenvalue weighted by atomic mass is 35.5. The Hall–Kier alpha value is -0.420. The van der Waals surface area contributed by atoms with Crippen molar-refractivity contribution in [3.63, 3.8) is 0 Å². The molecule has 1 aromatic rings. The first-order valence-electron chi connectivity index (χ1n) is 5.54. The van der Waals surface area contributed by atoms with E-state index in [1.807, 2.05) is 19.2 Å². The van der Waals surface area contributed by atoms with Crippen molar-refractivity contribution in [2.24, 2.45) is 0 Å². The average Bonchev–Trinajstić information content (AvgIpc) is 2.30. The smallest absolute Gasteiger partial charge is 0.225 e. The fraction of sp³-hybridized carbons (Fsp3) is 0.417. The molecule has 0 spiro atoms. The van der Waals surface area contributed by atoms with Crippen molar-refractivity contribution in [3.8, 4) is 0 Å². The van der Waals surface area contributed by atoms with E-state index in [9.17, 15) is 4.79 Å². The van der Waals surface area contributed by atoms with Crippen LogP contribution in [0, 0.1) is 0 Å². The van der Waals surface area contributed by atoms with Crippen molar-refractivity contribution in [1.82, 2.24) is 5.32 Å². The summed E-state index contributed by atoms with van der Waals surface area (Å²) in [5.41, 5.74) is 0.797. The Morgan fingerprint density at radius 3 is 2.78 bits per heavy atom. The number of carbonyl (C=O) groups is 1. The van der Waals surface area contributed by atoms with Crippen molar-refractivity contribution in [2.75, 3.05) is 24.7 Å². The number of benzene rings is 1. The molecule has 3 nitrogen and oxygen atoms in total. The standard InChI is InChI=1S/C12H17ClN2OS.ClH/c1-3-17-11-5-4-9(13)8-10(11)15-12(16)6-7-14-2;/h4-5,8,14H,3,6-7H2,1-2H3,(H,15,16);1H. The molecule has 0 saturated heterocycles. The topological polar surface area (TPSA) is 41.1 Å². The van der Waals surface area contributed by atoms with E-state index in [1.165, 1.54) is 0 Å². The van der Waals surface area contributed by atoms with Gasteiger partial charge in [0.2, 0.25) is 5.91 Å². The zero-order valence-corrected chi connectivity index (χ0v) is 12.8. The summed E-state index contributed by atoms with van der Waals surface area (Å²) in [5.74, 6) is 0.959. The number of thioether (sulfide) groups is 1. The van der Waals surface area contributed by atoms with E-state index in [4.69, 9.17) is 11.6 Å². The molecule has 0 saturated carbocycles. The number of halogens is 2. The summed E-state index contributed by atoms with van der Waals surface area (Å²) in [6, 6.07) is 5.56. The predicted molar refractivity (Wildman–Crippen MR) is 82.3 cm³/mol. The lowest BCUT2D eigenvalue weighted by Gasteiger charge is -2.10. The zero-order valence-electron chi connectivity index (χ0n) is 10.5. The molecule has 0 heterocycles. The molecule has 1 rings (SSSR count). The van der Waals surface area contributed by atoms with Crippen LogP contribution in [0.4, 0.5) is 5.69 Å². The van der Waals surface area contributed by atoms with Crippen molar-refractivity contribution in [1.29, 1.82) is 0 Å². The molecule has 0 aromatic heterocycles. The monoisotopic (exact) mass is 308 g/mol. The van der Waals surface area contributed by atoms with E-state index in [2.05, 4.69) is 17.6 Å². The number of carbonyl (C=O) groups excluding carboxylic acids is 1. The minimum absolute atomic E-state index is 0. The van der Waals surface area contributed by atoms with Crippen molar-refractivity contribution in [3.05, 3.63) is 23.2 Å². The lowest BCUT2D eigenvalue weighted by atomic mass is 10.3. The molecule has 0 fully saturated rings. The van der Waals surface area contributed by atoms with E-state index in [-0.39, 0.29) is 18.3 Å². The first-order chi connectivity index (χ1) is 8.17. The molecule has 102 valence electrons.